The van der Waals surface area contributed by atoms with Gasteiger partial charge in [-0.25, -0.2) is 0 Å². The van der Waals surface area contributed by atoms with Crippen LogP contribution < -0.4 is 0 Å². The molecule has 0 spiro atoms. The molecule has 0 radical (unpaired) electrons. The molecule has 1 aliphatic heterocycles. The molecule has 60 valence electrons. The van der Waals surface area contributed by atoms with E-state index >= 15 is 0 Å². The van der Waals surface area contributed by atoms with E-state index in [9.17, 15) is 4.79 Å². The Balaban J connectivity index is 2.65. The highest BCUT2D eigenvalue weighted by Crippen LogP contribution is 2.24. The lowest BCUT2D eigenvalue weighted by Crippen LogP contribution is -2.40. The van der Waals surface area contributed by atoms with E-state index in [1.165, 1.54) is 0 Å². The van der Waals surface area contributed by atoms with Gasteiger partial charge in [-0.2, -0.15) is 0 Å². The normalized spacial score (nSPS) is 30.9. The Kier molecular flexibility index (Phi) is 2.31. The van der Waals surface area contributed by atoms with Crippen molar-refractivity contribution in [1.29, 1.82) is 0 Å². The van der Waals surface area contributed by atoms with Crippen molar-refractivity contribution in [2.24, 2.45) is 0 Å². The maximum Gasteiger partial charge on any atom is 0.236 e. The number of hydrogen-bond acceptors (Lipinski definition) is 2. The van der Waals surface area contributed by atoms with E-state index in [0.717, 1.165) is 19.3 Å². The SMILES string of the molecule is C#CC(=O)C1(C)CCCCO1. The van der Waals surface area contributed by atoms with Crippen molar-refractivity contribution in [2.45, 2.75) is 31.8 Å². The summed E-state index contributed by atoms with van der Waals surface area (Å²) in [5.41, 5.74) is -0.687. The second-order valence-corrected chi connectivity index (χ2v) is 3.01. The Morgan fingerprint density at radius 3 is 2.82 bits per heavy atom. The zero-order chi connectivity index (χ0) is 8.32. The van der Waals surface area contributed by atoms with Gasteiger partial charge in [0.1, 0.15) is 5.60 Å². The number of carbonyl (C=O) groups excluding carboxylic acids is 1. The molecule has 1 aliphatic rings. The predicted molar refractivity (Wildman–Crippen MR) is 42.0 cm³/mol. The maximum atomic E-state index is 11.1. The fourth-order valence-electron chi connectivity index (χ4n) is 1.27. The van der Waals surface area contributed by atoms with Gasteiger partial charge in [0.05, 0.1) is 0 Å². The van der Waals surface area contributed by atoms with E-state index in [-0.39, 0.29) is 5.78 Å². The summed E-state index contributed by atoms with van der Waals surface area (Å²) in [5.74, 6) is 1.89. The molecule has 0 amide bonds. The van der Waals surface area contributed by atoms with Crippen LogP contribution in [0.25, 0.3) is 0 Å². The number of ether oxygens (including phenoxy) is 1. The van der Waals surface area contributed by atoms with Crippen molar-refractivity contribution in [3.05, 3.63) is 0 Å². The van der Waals surface area contributed by atoms with Gasteiger partial charge in [0.2, 0.25) is 5.78 Å². The fourth-order valence-corrected chi connectivity index (χ4v) is 1.27. The van der Waals surface area contributed by atoms with Gasteiger partial charge < -0.3 is 4.74 Å². The second kappa shape index (κ2) is 3.06. The molecule has 0 bridgehead atoms. The van der Waals surface area contributed by atoms with E-state index in [1.54, 1.807) is 6.92 Å². The molecule has 2 nitrogen and oxygen atoms in total. The van der Waals surface area contributed by atoms with Gasteiger partial charge in [0.15, 0.2) is 0 Å². The van der Waals surface area contributed by atoms with Crippen LogP contribution in [0.1, 0.15) is 26.2 Å². The molecular weight excluding hydrogens is 140 g/mol. The third-order valence-electron chi connectivity index (χ3n) is 2.08. The van der Waals surface area contributed by atoms with Crippen LogP contribution in [-0.4, -0.2) is 18.0 Å². The minimum Gasteiger partial charge on any atom is -0.366 e. The van der Waals surface area contributed by atoms with Gasteiger partial charge in [0.25, 0.3) is 0 Å². The van der Waals surface area contributed by atoms with Gasteiger partial charge in [-0.3, -0.25) is 4.79 Å². The van der Waals surface area contributed by atoms with Crippen LogP contribution in [0.4, 0.5) is 0 Å². The molecule has 0 aromatic heterocycles. The van der Waals surface area contributed by atoms with E-state index in [2.05, 4.69) is 5.92 Å². The number of ketones is 1. The van der Waals surface area contributed by atoms with E-state index in [1.807, 2.05) is 0 Å². The van der Waals surface area contributed by atoms with Crippen LogP contribution >= 0.6 is 0 Å². The average Bonchev–Trinajstić information content (AvgIpc) is 2.04. The van der Waals surface area contributed by atoms with Crippen molar-refractivity contribution >= 4 is 5.78 Å². The third kappa shape index (κ3) is 1.61. The first-order valence-corrected chi connectivity index (χ1v) is 3.84. The molecule has 11 heavy (non-hydrogen) atoms. The summed E-state index contributed by atoms with van der Waals surface area (Å²) in [6, 6.07) is 0. The second-order valence-electron chi connectivity index (χ2n) is 3.01. The van der Waals surface area contributed by atoms with Crippen molar-refractivity contribution in [1.82, 2.24) is 0 Å². The molecule has 2 heteroatoms. The highest BCUT2D eigenvalue weighted by Gasteiger charge is 2.34. The molecule has 1 saturated heterocycles. The minimum atomic E-state index is -0.687. The maximum absolute atomic E-state index is 11.1. The van der Waals surface area contributed by atoms with Crippen LogP contribution in [0.5, 0.6) is 0 Å². The largest absolute Gasteiger partial charge is 0.366 e. The molecule has 0 saturated carbocycles. The fraction of sp³-hybridized carbons (Fsp3) is 0.667. The van der Waals surface area contributed by atoms with E-state index < -0.39 is 5.60 Å². The predicted octanol–water partition coefficient (Wildman–Crippen LogP) is 1.15. The van der Waals surface area contributed by atoms with Crippen LogP contribution in [-0.2, 0) is 9.53 Å². The minimum absolute atomic E-state index is 0.225. The lowest BCUT2D eigenvalue weighted by atomic mass is 9.92. The monoisotopic (exact) mass is 152 g/mol. The first-order valence-electron chi connectivity index (χ1n) is 3.84. The molecule has 1 fully saturated rings. The number of Topliss-reactive ketones (excluding diaryl/α,β-unsaturated/α-hetero) is 1. The highest BCUT2D eigenvalue weighted by atomic mass is 16.5. The lowest BCUT2D eigenvalue weighted by molar-refractivity contribution is -0.141. The molecule has 1 atom stereocenters. The molecule has 0 aromatic carbocycles. The molecule has 1 heterocycles. The zero-order valence-electron chi connectivity index (χ0n) is 6.72. The average molecular weight is 152 g/mol. The van der Waals surface area contributed by atoms with Gasteiger partial charge >= 0.3 is 0 Å². The quantitative estimate of drug-likeness (QED) is 0.416. The van der Waals surface area contributed by atoms with Crippen LogP contribution in [0.2, 0.25) is 0 Å². The highest BCUT2D eigenvalue weighted by molar-refractivity contribution is 6.01. The number of terminal acetylenes is 1. The number of carbonyl (C=O) groups is 1. The first kappa shape index (κ1) is 8.29. The first-order chi connectivity index (χ1) is 5.19. The Labute approximate surface area is 66.9 Å². The molecule has 1 rings (SSSR count). The van der Waals surface area contributed by atoms with Crippen molar-refractivity contribution < 1.29 is 9.53 Å². The Morgan fingerprint density at radius 2 is 2.36 bits per heavy atom. The van der Waals surface area contributed by atoms with Crippen LogP contribution in [0.3, 0.4) is 0 Å². The van der Waals surface area contributed by atoms with Crippen molar-refractivity contribution in [3.63, 3.8) is 0 Å². The molecular formula is C9H12O2. The summed E-state index contributed by atoms with van der Waals surface area (Å²) in [6.45, 7) is 2.43. The topological polar surface area (TPSA) is 26.3 Å². The molecule has 0 aromatic rings. The van der Waals surface area contributed by atoms with E-state index in [4.69, 9.17) is 11.2 Å². The summed E-state index contributed by atoms with van der Waals surface area (Å²) < 4.78 is 5.33. The van der Waals surface area contributed by atoms with Gasteiger partial charge in [-0.05, 0) is 32.1 Å². The summed E-state index contributed by atoms with van der Waals surface area (Å²) in [6.07, 6.45) is 7.84. The Morgan fingerprint density at radius 1 is 1.64 bits per heavy atom. The summed E-state index contributed by atoms with van der Waals surface area (Å²) in [4.78, 5) is 11.1. The number of rotatable bonds is 1. The molecule has 0 aliphatic carbocycles. The Bertz CT molecular complexity index is 194. The lowest BCUT2D eigenvalue weighted by Gasteiger charge is -2.30. The van der Waals surface area contributed by atoms with Gasteiger partial charge in [0, 0.05) is 6.61 Å². The zero-order valence-corrected chi connectivity index (χ0v) is 6.72. The standard InChI is InChI=1S/C9H12O2/c1-3-8(10)9(2)6-4-5-7-11-9/h1H,4-7H2,2H3. The van der Waals surface area contributed by atoms with E-state index in [0.29, 0.717) is 6.61 Å². The smallest absolute Gasteiger partial charge is 0.236 e. The molecule has 1 unspecified atom stereocenters. The van der Waals surface area contributed by atoms with Gasteiger partial charge in [-0.15, -0.1) is 6.42 Å². The molecule has 0 N–H and O–H groups in total. The third-order valence-corrected chi connectivity index (χ3v) is 2.08. The summed E-state index contributed by atoms with van der Waals surface area (Å²) >= 11 is 0. The van der Waals surface area contributed by atoms with Gasteiger partial charge in [-0.1, -0.05) is 0 Å². The van der Waals surface area contributed by atoms with Crippen LogP contribution in [0.15, 0.2) is 0 Å². The van der Waals surface area contributed by atoms with Crippen molar-refractivity contribution in [2.75, 3.05) is 6.61 Å². The summed E-state index contributed by atoms with van der Waals surface area (Å²) in [5, 5.41) is 0. The summed E-state index contributed by atoms with van der Waals surface area (Å²) in [7, 11) is 0. The Hall–Kier alpha value is -0.810. The van der Waals surface area contributed by atoms with Crippen LogP contribution in [0, 0.1) is 12.3 Å². The number of hydrogen-bond donors (Lipinski definition) is 0. The van der Waals surface area contributed by atoms with Crippen molar-refractivity contribution in [3.8, 4) is 12.3 Å².